The maximum atomic E-state index is 10.6. The van der Waals surface area contributed by atoms with Crippen molar-refractivity contribution in [3.8, 4) is 0 Å². The van der Waals surface area contributed by atoms with Crippen LogP contribution in [-0.4, -0.2) is 30.3 Å². The molecule has 12 heavy (non-hydrogen) atoms. The van der Waals surface area contributed by atoms with Gasteiger partial charge < -0.3 is 15.2 Å². The smallest absolute Gasteiger partial charge is 0.407 e. The minimum absolute atomic E-state index is 0.0291. The number of hydrogen-bond donors (Lipinski definition) is 2. The minimum Gasteiger partial charge on any atom is -0.481 e. The Bertz CT molecular complexity index is 198. The fourth-order valence-electron chi connectivity index (χ4n) is 1.16. The lowest BCUT2D eigenvalue weighted by molar-refractivity contribution is -0.145. The summed E-state index contributed by atoms with van der Waals surface area (Å²) in [6.07, 6.45) is 0.512. The van der Waals surface area contributed by atoms with Crippen LogP contribution >= 0.6 is 0 Å². The third-order valence-corrected chi connectivity index (χ3v) is 1.99. The molecule has 2 N–H and O–H groups in total. The highest BCUT2D eigenvalue weighted by Crippen LogP contribution is 2.27. The number of methoxy groups -OCH3 is 1. The van der Waals surface area contributed by atoms with Gasteiger partial charge in [-0.2, -0.15) is 0 Å². The summed E-state index contributed by atoms with van der Waals surface area (Å²) < 4.78 is 4.35. The van der Waals surface area contributed by atoms with E-state index in [1.165, 1.54) is 7.11 Å². The summed E-state index contributed by atoms with van der Waals surface area (Å²) in [5.74, 6) is -1.09. The van der Waals surface area contributed by atoms with E-state index in [-0.39, 0.29) is 12.0 Å². The standard InChI is InChI=1S/C7H11NO4/c1-12-7(11)8-5-2-4(3-5)6(9)10/h4-5H,2-3H2,1H3,(H,8,11)(H,9,10). The molecule has 1 saturated carbocycles. The highest BCUT2D eigenvalue weighted by molar-refractivity contribution is 5.72. The molecule has 0 aromatic rings. The van der Waals surface area contributed by atoms with Crippen LogP contribution in [0.5, 0.6) is 0 Å². The van der Waals surface area contributed by atoms with E-state index in [4.69, 9.17) is 5.11 Å². The van der Waals surface area contributed by atoms with Gasteiger partial charge in [-0.25, -0.2) is 4.79 Å². The molecule has 1 rings (SSSR count). The first-order chi connectivity index (χ1) is 5.63. The number of carboxylic acids is 1. The summed E-state index contributed by atoms with van der Waals surface area (Å²) in [6.45, 7) is 0. The number of carbonyl (C=O) groups is 2. The van der Waals surface area contributed by atoms with Crippen molar-refractivity contribution in [3.05, 3.63) is 0 Å². The summed E-state index contributed by atoms with van der Waals surface area (Å²) in [5, 5.41) is 11.0. The Morgan fingerprint density at radius 2 is 2.08 bits per heavy atom. The molecular weight excluding hydrogens is 162 g/mol. The quantitative estimate of drug-likeness (QED) is 0.625. The number of amides is 1. The highest BCUT2D eigenvalue weighted by Gasteiger charge is 2.35. The molecule has 0 heterocycles. The molecule has 1 aliphatic carbocycles. The molecule has 0 aliphatic heterocycles. The van der Waals surface area contributed by atoms with Gasteiger partial charge in [0.05, 0.1) is 13.0 Å². The molecule has 5 heteroatoms. The molecule has 0 bridgehead atoms. The Hall–Kier alpha value is -1.26. The van der Waals surface area contributed by atoms with Gasteiger partial charge in [0.25, 0.3) is 0 Å². The van der Waals surface area contributed by atoms with Crippen LogP contribution in [0.15, 0.2) is 0 Å². The molecule has 0 spiro atoms. The predicted octanol–water partition coefficient (Wildman–Crippen LogP) is 0.206. The van der Waals surface area contributed by atoms with Gasteiger partial charge in [-0.1, -0.05) is 0 Å². The first-order valence-corrected chi connectivity index (χ1v) is 3.70. The summed E-state index contributed by atoms with van der Waals surface area (Å²) >= 11 is 0. The maximum Gasteiger partial charge on any atom is 0.407 e. The number of hydrogen-bond acceptors (Lipinski definition) is 3. The lowest BCUT2D eigenvalue weighted by Crippen LogP contribution is -2.46. The van der Waals surface area contributed by atoms with Crippen molar-refractivity contribution in [3.63, 3.8) is 0 Å². The molecule has 1 amide bonds. The summed E-state index contributed by atoms with van der Waals surface area (Å²) in [5.41, 5.74) is 0. The Kier molecular flexibility index (Phi) is 2.52. The van der Waals surface area contributed by atoms with E-state index >= 15 is 0 Å². The number of nitrogens with one attached hydrogen (secondary N) is 1. The molecule has 1 fully saturated rings. The average molecular weight is 173 g/mol. The van der Waals surface area contributed by atoms with Crippen LogP contribution in [0, 0.1) is 5.92 Å². The first-order valence-electron chi connectivity index (χ1n) is 3.70. The van der Waals surface area contributed by atoms with Gasteiger partial charge in [0, 0.05) is 6.04 Å². The number of alkyl carbamates (subject to hydrolysis) is 1. The Morgan fingerprint density at radius 1 is 1.50 bits per heavy atom. The molecule has 0 aromatic carbocycles. The molecule has 0 atom stereocenters. The van der Waals surface area contributed by atoms with Gasteiger partial charge in [0.1, 0.15) is 0 Å². The van der Waals surface area contributed by atoms with Crippen LogP contribution in [0.3, 0.4) is 0 Å². The minimum atomic E-state index is -0.794. The average Bonchev–Trinajstić information content (AvgIpc) is 1.94. The molecule has 1 aliphatic rings. The monoisotopic (exact) mass is 173 g/mol. The number of aliphatic carboxylic acids is 1. The second-order valence-electron chi connectivity index (χ2n) is 2.84. The highest BCUT2D eigenvalue weighted by atomic mass is 16.5. The van der Waals surface area contributed by atoms with Crippen LogP contribution in [0.1, 0.15) is 12.8 Å². The topological polar surface area (TPSA) is 75.6 Å². The molecular formula is C7H11NO4. The third kappa shape index (κ3) is 1.87. The van der Waals surface area contributed by atoms with E-state index in [1.807, 2.05) is 0 Å². The van der Waals surface area contributed by atoms with E-state index in [2.05, 4.69) is 10.1 Å². The van der Waals surface area contributed by atoms with Crippen molar-refractivity contribution in [2.75, 3.05) is 7.11 Å². The maximum absolute atomic E-state index is 10.6. The number of ether oxygens (including phenoxy) is 1. The second-order valence-corrected chi connectivity index (χ2v) is 2.84. The predicted molar refractivity (Wildman–Crippen MR) is 39.7 cm³/mol. The van der Waals surface area contributed by atoms with E-state index in [0.717, 1.165) is 0 Å². The summed E-state index contributed by atoms with van der Waals surface area (Å²) in [7, 11) is 1.28. The van der Waals surface area contributed by atoms with Crippen molar-refractivity contribution in [1.29, 1.82) is 0 Å². The van der Waals surface area contributed by atoms with E-state index in [0.29, 0.717) is 12.8 Å². The van der Waals surface area contributed by atoms with Crippen molar-refractivity contribution < 1.29 is 19.4 Å². The Balaban J connectivity index is 2.17. The fraction of sp³-hybridized carbons (Fsp3) is 0.714. The molecule has 0 saturated heterocycles. The molecule has 0 aromatic heterocycles. The molecule has 68 valence electrons. The largest absolute Gasteiger partial charge is 0.481 e. The Morgan fingerprint density at radius 3 is 2.50 bits per heavy atom. The lowest BCUT2D eigenvalue weighted by atomic mass is 9.80. The number of carbonyl (C=O) groups excluding carboxylic acids is 1. The van der Waals surface area contributed by atoms with Gasteiger partial charge in [-0.3, -0.25) is 4.79 Å². The first kappa shape index (κ1) is 8.83. The third-order valence-electron chi connectivity index (χ3n) is 1.99. The van der Waals surface area contributed by atoms with Crippen LogP contribution < -0.4 is 5.32 Å². The van der Waals surface area contributed by atoms with Crippen molar-refractivity contribution in [2.24, 2.45) is 5.92 Å². The van der Waals surface area contributed by atoms with Crippen molar-refractivity contribution in [1.82, 2.24) is 5.32 Å². The lowest BCUT2D eigenvalue weighted by Gasteiger charge is -2.32. The van der Waals surface area contributed by atoms with E-state index < -0.39 is 12.1 Å². The van der Waals surface area contributed by atoms with Crippen LogP contribution in [-0.2, 0) is 9.53 Å². The zero-order chi connectivity index (χ0) is 9.14. The van der Waals surface area contributed by atoms with Gasteiger partial charge in [0.2, 0.25) is 0 Å². The zero-order valence-corrected chi connectivity index (χ0v) is 6.74. The Labute approximate surface area is 69.7 Å². The molecule has 5 nitrogen and oxygen atoms in total. The van der Waals surface area contributed by atoms with Crippen LogP contribution in [0.4, 0.5) is 4.79 Å². The van der Waals surface area contributed by atoms with Gasteiger partial charge in [-0.15, -0.1) is 0 Å². The van der Waals surface area contributed by atoms with Gasteiger partial charge in [-0.05, 0) is 12.8 Å². The normalized spacial score (nSPS) is 27.1. The van der Waals surface area contributed by atoms with Crippen LogP contribution in [0.2, 0.25) is 0 Å². The second kappa shape index (κ2) is 3.42. The van der Waals surface area contributed by atoms with E-state index in [9.17, 15) is 9.59 Å². The van der Waals surface area contributed by atoms with Crippen LogP contribution in [0.25, 0.3) is 0 Å². The van der Waals surface area contributed by atoms with Crippen molar-refractivity contribution in [2.45, 2.75) is 18.9 Å². The van der Waals surface area contributed by atoms with Gasteiger partial charge >= 0.3 is 12.1 Å². The van der Waals surface area contributed by atoms with Crippen molar-refractivity contribution >= 4 is 12.1 Å². The zero-order valence-electron chi connectivity index (χ0n) is 6.74. The summed E-state index contributed by atoms with van der Waals surface area (Å²) in [6, 6.07) is -0.0291. The molecule has 0 unspecified atom stereocenters. The fourth-order valence-corrected chi connectivity index (χ4v) is 1.16. The summed E-state index contributed by atoms with van der Waals surface area (Å²) in [4.78, 5) is 20.9. The number of rotatable bonds is 2. The molecule has 0 radical (unpaired) electrons. The van der Waals surface area contributed by atoms with Gasteiger partial charge in [0.15, 0.2) is 0 Å². The van der Waals surface area contributed by atoms with E-state index in [1.54, 1.807) is 0 Å². The number of carboxylic acid groups (broad SMARTS) is 1. The SMILES string of the molecule is COC(=O)NC1CC(C(=O)O)C1.